The van der Waals surface area contributed by atoms with Crippen LogP contribution in [0.25, 0.3) is 0 Å². The second-order valence-corrected chi connectivity index (χ2v) is 8.53. The zero-order valence-corrected chi connectivity index (χ0v) is 19.6. The van der Waals surface area contributed by atoms with Crippen LogP contribution in [0.2, 0.25) is 10.0 Å². The van der Waals surface area contributed by atoms with Gasteiger partial charge in [0.2, 0.25) is 5.91 Å². The van der Waals surface area contributed by atoms with Crippen LogP contribution >= 0.6 is 23.2 Å². The van der Waals surface area contributed by atoms with Gasteiger partial charge in [0.25, 0.3) is 5.91 Å². The highest BCUT2D eigenvalue weighted by Crippen LogP contribution is 2.34. The first-order valence-corrected chi connectivity index (χ1v) is 11.1. The van der Waals surface area contributed by atoms with E-state index >= 15 is 0 Å². The Morgan fingerprint density at radius 3 is 2.45 bits per heavy atom. The van der Waals surface area contributed by atoms with Crippen LogP contribution in [0, 0.1) is 0 Å². The minimum atomic E-state index is -1.43. The lowest BCUT2D eigenvalue weighted by molar-refractivity contribution is -0.133. The van der Waals surface area contributed by atoms with Gasteiger partial charge in [-0.1, -0.05) is 42.6 Å². The summed E-state index contributed by atoms with van der Waals surface area (Å²) in [5.74, 6) is -1.64. The number of anilines is 1. The maximum absolute atomic E-state index is 13.0. The molecule has 4 amide bonds. The predicted molar refractivity (Wildman–Crippen MR) is 124 cm³/mol. The quantitative estimate of drug-likeness (QED) is 0.324. The largest absolute Gasteiger partial charge is 0.462 e. The van der Waals surface area contributed by atoms with Crippen molar-refractivity contribution in [2.24, 2.45) is 0 Å². The molecule has 0 aliphatic carbocycles. The van der Waals surface area contributed by atoms with E-state index in [1.54, 1.807) is 12.1 Å². The Kier molecular flexibility index (Phi) is 7.61. The first-order chi connectivity index (χ1) is 15.7. The monoisotopic (exact) mass is 491 g/mol. The molecule has 1 aliphatic rings. The number of urea groups is 1. The molecular formula is C23H23Cl2N3O5. The maximum Gasteiger partial charge on any atom is 0.338 e. The molecule has 1 fully saturated rings. The molecule has 33 heavy (non-hydrogen) atoms. The van der Waals surface area contributed by atoms with Crippen molar-refractivity contribution >= 4 is 52.7 Å². The molecule has 1 saturated heterocycles. The highest BCUT2D eigenvalue weighted by molar-refractivity contribution is 6.35. The minimum Gasteiger partial charge on any atom is -0.462 e. The third-order valence-corrected chi connectivity index (χ3v) is 5.73. The van der Waals surface area contributed by atoms with Gasteiger partial charge in [-0.05, 0) is 49.7 Å². The molecule has 0 saturated carbocycles. The summed E-state index contributed by atoms with van der Waals surface area (Å²) in [6, 6.07) is 10.0. The first kappa shape index (κ1) is 24.5. The second-order valence-electron chi connectivity index (χ2n) is 7.69. The number of esters is 1. The SMILES string of the molecule is CCCCOC(=O)c1ccc(NC(=O)CN2C(=O)NC(C)(c3ccc(Cl)cc3Cl)C2=O)cc1. The molecule has 0 bridgehead atoms. The van der Waals surface area contributed by atoms with Gasteiger partial charge in [0, 0.05) is 21.3 Å². The molecule has 0 radical (unpaired) electrons. The molecule has 1 heterocycles. The summed E-state index contributed by atoms with van der Waals surface area (Å²) in [7, 11) is 0. The fourth-order valence-corrected chi connectivity index (χ4v) is 3.94. The van der Waals surface area contributed by atoms with E-state index in [4.69, 9.17) is 27.9 Å². The Labute approximate surface area is 201 Å². The molecule has 2 aromatic carbocycles. The predicted octanol–water partition coefficient (Wildman–Crippen LogP) is 4.36. The summed E-state index contributed by atoms with van der Waals surface area (Å²) in [4.78, 5) is 50.7. The molecule has 0 aromatic heterocycles. The molecule has 174 valence electrons. The standard InChI is InChI=1S/C23H23Cl2N3O5/c1-3-4-11-33-20(30)14-5-8-16(9-6-14)26-19(29)13-28-21(31)23(2,27-22(28)32)17-10-7-15(24)12-18(17)25/h5-10,12H,3-4,11,13H2,1-2H3,(H,26,29)(H,27,32). The van der Waals surface area contributed by atoms with Gasteiger partial charge >= 0.3 is 12.0 Å². The first-order valence-electron chi connectivity index (χ1n) is 10.3. The summed E-state index contributed by atoms with van der Waals surface area (Å²) in [6.07, 6.45) is 1.70. The van der Waals surface area contributed by atoms with E-state index in [1.165, 1.54) is 37.3 Å². The zero-order valence-electron chi connectivity index (χ0n) is 18.1. The fraction of sp³-hybridized carbons (Fsp3) is 0.304. The summed E-state index contributed by atoms with van der Waals surface area (Å²) in [5.41, 5.74) is -0.301. The van der Waals surface area contributed by atoms with Crippen molar-refractivity contribution in [1.29, 1.82) is 0 Å². The van der Waals surface area contributed by atoms with Crippen LogP contribution in [0.15, 0.2) is 42.5 Å². The van der Waals surface area contributed by atoms with Crippen LogP contribution in [0.3, 0.4) is 0 Å². The van der Waals surface area contributed by atoms with E-state index in [2.05, 4.69) is 10.6 Å². The van der Waals surface area contributed by atoms with E-state index in [0.717, 1.165) is 17.7 Å². The Balaban J connectivity index is 1.64. The molecule has 10 heteroatoms. The molecular weight excluding hydrogens is 469 g/mol. The van der Waals surface area contributed by atoms with Gasteiger partial charge < -0.3 is 15.4 Å². The molecule has 1 atom stereocenters. The van der Waals surface area contributed by atoms with Gasteiger partial charge in [0.15, 0.2) is 0 Å². The maximum atomic E-state index is 13.0. The molecule has 2 aromatic rings. The van der Waals surface area contributed by atoms with Gasteiger partial charge in [0.1, 0.15) is 12.1 Å². The normalized spacial score (nSPS) is 17.6. The Bertz CT molecular complexity index is 1090. The molecule has 3 rings (SSSR count). The van der Waals surface area contributed by atoms with E-state index < -0.39 is 35.9 Å². The van der Waals surface area contributed by atoms with Crippen LogP contribution < -0.4 is 10.6 Å². The number of hydrogen-bond donors (Lipinski definition) is 2. The molecule has 8 nitrogen and oxygen atoms in total. The Hall–Kier alpha value is -3.10. The van der Waals surface area contributed by atoms with Crippen molar-refractivity contribution in [3.8, 4) is 0 Å². The second kappa shape index (κ2) is 10.2. The highest BCUT2D eigenvalue weighted by atomic mass is 35.5. The fourth-order valence-electron chi connectivity index (χ4n) is 3.34. The molecule has 1 unspecified atom stereocenters. The average molecular weight is 492 g/mol. The zero-order chi connectivity index (χ0) is 24.2. The summed E-state index contributed by atoms with van der Waals surface area (Å²) < 4.78 is 5.14. The number of carbonyl (C=O) groups is 4. The van der Waals surface area contributed by atoms with Crippen molar-refractivity contribution in [3.05, 3.63) is 63.6 Å². The number of hydrogen-bond acceptors (Lipinski definition) is 5. The van der Waals surface area contributed by atoms with Gasteiger partial charge in [0.05, 0.1) is 12.2 Å². The lowest BCUT2D eigenvalue weighted by Crippen LogP contribution is -2.42. The van der Waals surface area contributed by atoms with Crippen LogP contribution in [0.5, 0.6) is 0 Å². The van der Waals surface area contributed by atoms with Gasteiger partial charge in [-0.3, -0.25) is 14.5 Å². The summed E-state index contributed by atoms with van der Waals surface area (Å²) in [6.45, 7) is 3.36. The lowest BCUT2D eigenvalue weighted by atomic mass is 9.92. The minimum absolute atomic E-state index is 0.221. The summed E-state index contributed by atoms with van der Waals surface area (Å²) in [5, 5.41) is 5.81. The van der Waals surface area contributed by atoms with Crippen molar-refractivity contribution in [1.82, 2.24) is 10.2 Å². The van der Waals surface area contributed by atoms with Crippen molar-refractivity contribution in [2.45, 2.75) is 32.2 Å². The topological polar surface area (TPSA) is 105 Å². The number of benzene rings is 2. The smallest absolute Gasteiger partial charge is 0.338 e. The van der Waals surface area contributed by atoms with E-state index in [0.29, 0.717) is 28.4 Å². The third-order valence-electron chi connectivity index (χ3n) is 5.18. The van der Waals surface area contributed by atoms with E-state index in [1.807, 2.05) is 6.92 Å². The number of carbonyl (C=O) groups excluding carboxylic acids is 4. The van der Waals surface area contributed by atoms with Crippen LogP contribution in [-0.4, -0.2) is 41.9 Å². The molecule has 0 spiro atoms. The number of ether oxygens (including phenoxy) is 1. The number of unbranched alkanes of at least 4 members (excludes halogenated alkanes) is 1. The van der Waals surface area contributed by atoms with Gasteiger partial charge in [-0.2, -0.15) is 0 Å². The number of imide groups is 1. The lowest BCUT2D eigenvalue weighted by Gasteiger charge is -2.23. The van der Waals surface area contributed by atoms with Crippen molar-refractivity contribution < 1.29 is 23.9 Å². The van der Waals surface area contributed by atoms with Gasteiger partial charge in [-0.25, -0.2) is 9.59 Å². The van der Waals surface area contributed by atoms with Crippen LogP contribution in [0.4, 0.5) is 10.5 Å². The molecule has 2 N–H and O–H groups in total. The highest BCUT2D eigenvalue weighted by Gasteiger charge is 2.50. The Morgan fingerprint density at radius 1 is 1.12 bits per heavy atom. The van der Waals surface area contributed by atoms with Crippen LogP contribution in [-0.2, 0) is 19.9 Å². The van der Waals surface area contributed by atoms with E-state index in [-0.39, 0.29) is 5.02 Å². The summed E-state index contributed by atoms with van der Waals surface area (Å²) >= 11 is 12.1. The van der Waals surface area contributed by atoms with Crippen molar-refractivity contribution in [2.75, 3.05) is 18.5 Å². The number of nitrogens with one attached hydrogen (secondary N) is 2. The van der Waals surface area contributed by atoms with Crippen molar-refractivity contribution in [3.63, 3.8) is 0 Å². The number of amides is 4. The van der Waals surface area contributed by atoms with Gasteiger partial charge in [-0.15, -0.1) is 0 Å². The number of rotatable bonds is 8. The average Bonchev–Trinajstić information content (AvgIpc) is 2.97. The Morgan fingerprint density at radius 2 is 1.82 bits per heavy atom. The third kappa shape index (κ3) is 5.46. The number of nitrogens with zero attached hydrogens (tertiary/aromatic N) is 1. The molecule has 1 aliphatic heterocycles. The number of halogens is 2. The van der Waals surface area contributed by atoms with E-state index in [9.17, 15) is 19.2 Å². The van der Waals surface area contributed by atoms with Crippen LogP contribution in [0.1, 0.15) is 42.6 Å².